The van der Waals surface area contributed by atoms with E-state index in [0.717, 1.165) is 5.56 Å². The molecule has 0 fully saturated rings. The van der Waals surface area contributed by atoms with E-state index in [4.69, 9.17) is 27.9 Å². The van der Waals surface area contributed by atoms with Gasteiger partial charge in [-0.05, 0) is 43.7 Å². The summed E-state index contributed by atoms with van der Waals surface area (Å²) < 4.78 is 6.95. The molecule has 156 valence electrons. The quantitative estimate of drug-likeness (QED) is 0.347. The molecule has 0 unspecified atom stereocenters. The Labute approximate surface area is 189 Å². The van der Waals surface area contributed by atoms with Crippen molar-refractivity contribution in [1.82, 2.24) is 9.66 Å². The van der Waals surface area contributed by atoms with Crippen molar-refractivity contribution in [3.8, 4) is 17.1 Å². The third kappa shape index (κ3) is 4.48. The van der Waals surface area contributed by atoms with Crippen LogP contribution < -0.4 is 10.3 Å². The maximum absolute atomic E-state index is 13.2. The van der Waals surface area contributed by atoms with Crippen LogP contribution in [0.3, 0.4) is 0 Å². The molecule has 31 heavy (non-hydrogen) atoms. The number of hydrogen-bond donors (Lipinski definition) is 0. The molecule has 0 aliphatic heterocycles. The Balaban J connectivity index is 1.84. The van der Waals surface area contributed by atoms with Crippen LogP contribution in [0.25, 0.3) is 22.3 Å². The first-order valence-electron chi connectivity index (χ1n) is 9.71. The highest BCUT2D eigenvalue weighted by Crippen LogP contribution is 2.34. The second kappa shape index (κ2) is 8.92. The first kappa shape index (κ1) is 21.1. The Morgan fingerprint density at radius 2 is 1.65 bits per heavy atom. The molecule has 0 spiro atoms. The number of hydrogen-bond acceptors (Lipinski definition) is 4. The number of ether oxygens (including phenoxy) is 1. The van der Waals surface area contributed by atoms with E-state index in [2.05, 4.69) is 10.1 Å². The van der Waals surface area contributed by atoms with E-state index in [0.29, 0.717) is 38.1 Å². The fourth-order valence-corrected chi connectivity index (χ4v) is 3.72. The second-order valence-electron chi connectivity index (χ2n) is 7.16. The first-order chi connectivity index (χ1) is 14.9. The van der Waals surface area contributed by atoms with Gasteiger partial charge in [0.25, 0.3) is 5.56 Å². The van der Waals surface area contributed by atoms with Crippen LogP contribution >= 0.6 is 23.2 Å². The lowest BCUT2D eigenvalue weighted by Crippen LogP contribution is -2.20. The molecule has 0 radical (unpaired) electrons. The van der Waals surface area contributed by atoms with Crippen molar-refractivity contribution in [1.29, 1.82) is 0 Å². The fourth-order valence-electron chi connectivity index (χ4n) is 3.13. The average molecular weight is 452 g/mol. The highest BCUT2D eigenvalue weighted by molar-refractivity contribution is 6.37. The number of fused-ring (bicyclic) bond motifs is 1. The Morgan fingerprint density at radius 3 is 2.32 bits per heavy atom. The minimum atomic E-state index is -0.266. The summed E-state index contributed by atoms with van der Waals surface area (Å²) in [5.74, 6) is 0.863. The number of aromatic nitrogens is 2. The van der Waals surface area contributed by atoms with Gasteiger partial charge in [-0.2, -0.15) is 9.78 Å². The van der Waals surface area contributed by atoms with Crippen molar-refractivity contribution in [3.05, 3.63) is 92.7 Å². The minimum Gasteiger partial charge on any atom is -0.488 e. The van der Waals surface area contributed by atoms with Crippen molar-refractivity contribution in [2.75, 3.05) is 0 Å². The molecule has 4 aromatic rings. The van der Waals surface area contributed by atoms with Crippen LogP contribution in [0.15, 0.2) is 76.6 Å². The molecule has 0 aliphatic carbocycles. The van der Waals surface area contributed by atoms with Crippen molar-refractivity contribution in [2.45, 2.75) is 20.0 Å². The molecule has 0 N–H and O–H groups in total. The van der Waals surface area contributed by atoms with Gasteiger partial charge in [0.1, 0.15) is 0 Å². The fraction of sp³-hybridized carbons (Fsp3) is 0.125. The summed E-state index contributed by atoms with van der Waals surface area (Å²) in [5.41, 5.74) is 1.75. The van der Waals surface area contributed by atoms with Gasteiger partial charge in [-0.15, -0.1) is 0 Å². The Bertz CT molecular complexity index is 1310. The standard InChI is InChI=1S/C24H19Cl2N3O2/c1-15(2)31-22-19(25)12-16(13-20(22)26)14-27-29-23(17-8-4-3-5-9-17)28-21-11-7-6-10-18(21)24(29)30/h3-15H,1-2H3. The van der Waals surface area contributed by atoms with Crippen LogP contribution in [0, 0.1) is 0 Å². The normalized spacial score (nSPS) is 11.5. The van der Waals surface area contributed by atoms with Gasteiger partial charge in [0, 0.05) is 5.56 Å². The van der Waals surface area contributed by atoms with Gasteiger partial charge < -0.3 is 4.74 Å². The summed E-state index contributed by atoms with van der Waals surface area (Å²) in [6.45, 7) is 3.79. The highest BCUT2D eigenvalue weighted by Gasteiger charge is 2.13. The third-order valence-corrected chi connectivity index (χ3v) is 5.04. The van der Waals surface area contributed by atoms with Gasteiger partial charge in [-0.25, -0.2) is 4.98 Å². The predicted molar refractivity (Wildman–Crippen MR) is 127 cm³/mol. The molecule has 0 saturated carbocycles. The highest BCUT2D eigenvalue weighted by atomic mass is 35.5. The van der Waals surface area contributed by atoms with Crippen LogP contribution in [0.5, 0.6) is 5.75 Å². The molecule has 7 heteroatoms. The van der Waals surface area contributed by atoms with E-state index in [9.17, 15) is 4.79 Å². The lowest BCUT2D eigenvalue weighted by atomic mass is 10.2. The van der Waals surface area contributed by atoms with Gasteiger partial charge in [-0.3, -0.25) is 4.79 Å². The van der Waals surface area contributed by atoms with E-state index < -0.39 is 0 Å². The van der Waals surface area contributed by atoms with E-state index in [-0.39, 0.29) is 11.7 Å². The number of nitrogens with zero attached hydrogens (tertiary/aromatic N) is 3. The smallest absolute Gasteiger partial charge is 0.282 e. The SMILES string of the molecule is CC(C)Oc1c(Cl)cc(C=Nn2c(-c3ccccc3)nc3ccccc3c2=O)cc1Cl. The zero-order valence-electron chi connectivity index (χ0n) is 16.9. The molecule has 4 rings (SSSR count). The average Bonchev–Trinajstić information content (AvgIpc) is 2.76. The lowest BCUT2D eigenvalue weighted by Gasteiger charge is -2.13. The number of benzene rings is 3. The summed E-state index contributed by atoms with van der Waals surface area (Å²) in [7, 11) is 0. The summed E-state index contributed by atoms with van der Waals surface area (Å²) in [6, 6.07) is 20.0. The second-order valence-corrected chi connectivity index (χ2v) is 7.97. The zero-order chi connectivity index (χ0) is 22.0. The van der Waals surface area contributed by atoms with Crippen LogP contribution in [-0.2, 0) is 0 Å². The first-order valence-corrected chi connectivity index (χ1v) is 10.5. The van der Waals surface area contributed by atoms with Crippen molar-refractivity contribution in [3.63, 3.8) is 0 Å². The summed E-state index contributed by atoms with van der Waals surface area (Å²) in [6.07, 6.45) is 1.46. The van der Waals surface area contributed by atoms with E-state index in [1.807, 2.05) is 56.3 Å². The lowest BCUT2D eigenvalue weighted by molar-refractivity contribution is 0.243. The Hall–Kier alpha value is -3.15. The minimum absolute atomic E-state index is 0.0646. The van der Waals surface area contributed by atoms with Gasteiger partial charge in [-0.1, -0.05) is 65.7 Å². The number of para-hydroxylation sites is 1. The Morgan fingerprint density at radius 1 is 1.00 bits per heavy atom. The monoisotopic (exact) mass is 451 g/mol. The summed E-state index contributed by atoms with van der Waals surface area (Å²) in [4.78, 5) is 17.9. The molecule has 0 saturated heterocycles. The molecule has 1 aromatic heterocycles. The molecule has 0 atom stereocenters. The van der Waals surface area contributed by atoms with E-state index >= 15 is 0 Å². The Kier molecular flexibility index (Phi) is 6.07. The molecule has 0 amide bonds. The number of rotatable bonds is 5. The molecule has 0 aliphatic rings. The van der Waals surface area contributed by atoms with Crippen LogP contribution in [-0.4, -0.2) is 22.0 Å². The number of halogens is 2. The van der Waals surface area contributed by atoms with Crippen LogP contribution in [0.4, 0.5) is 0 Å². The van der Waals surface area contributed by atoms with Gasteiger partial charge in [0.2, 0.25) is 0 Å². The molecule has 3 aromatic carbocycles. The van der Waals surface area contributed by atoms with Crippen LogP contribution in [0.1, 0.15) is 19.4 Å². The molecule has 1 heterocycles. The largest absolute Gasteiger partial charge is 0.488 e. The third-order valence-electron chi connectivity index (χ3n) is 4.48. The van der Waals surface area contributed by atoms with E-state index in [1.54, 1.807) is 24.3 Å². The summed E-state index contributed by atoms with van der Waals surface area (Å²) >= 11 is 12.7. The van der Waals surface area contributed by atoms with Crippen molar-refractivity contribution in [2.24, 2.45) is 5.10 Å². The van der Waals surface area contributed by atoms with Gasteiger partial charge >= 0.3 is 0 Å². The predicted octanol–water partition coefficient (Wildman–Crippen LogP) is 6.04. The summed E-state index contributed by atoms with van der Waals surface area (Å²) in [5, 5.41) is 5.66. The van der Waals surface area contributed by atoms with Gasteiger partial charge in [0.15, 0.2) is 11.6 Å². The van der Waals surface area contributed by atoms with Crippen molar-refractivity contribution >= 4 is 40.3 Å². The topological polar surface area (TPSA) is 56.5 Å². The molecule has 5 nitrogen and oxygen atoms in total. The van der Waals surface area contributed by atoms with Crippen molar-refractivity contribution < 1.29 is 4.74 Å². The molecular formula is C24H19Cl2N3O2. The zero-order valence-corrected chi connectivity index (χ0v) is 18.4. The van der Waals surface area contributed by atoms with E-state index in [1.165, 1.54) is 10.9 Å². The molecule has 0 bridgehead atoms. The maximum atomic E-state index is 13.2. The van der Waals surface area contributed by atoms with Gasteiger partial charge in [0.05, 0.1) is 33.3 Å². The van der Waals surface area contributed by atoms with Crippen LogP contribution in [0.2, 0.25) is 10.0 Å². The molecular weight excluding hydrogens is 433 g/mol. The maximum Gasteiger partial charge on any atom is 0.282 e.